The van der Waals surface area contributed by atoms with E-state index in [-0.39, 0.29) is 22.6 Å². The molecule has 0 spiro atoms. The summed E-state index contributed by atoms with van der Waals surface area (Å²) in [6.07, 6.45) is 8.72. The Morgan fingerprint density at radius 2 is 1.83 bits per heavy atom. The first kappa shape index (κ1) is 25.3. The molecule has 29 heavy (non-hydrogen) atoms. The molecular weight excluding hydrogens is 397 g/mol. The van der Waals surface area contributed by atoms with Crippen molar-refractivity contribution in [1.82, 2.24) is 5.32 Å². The predicted octanol–water partition coefficient (Wildman–Crippen LogP) is 6.71. The van der Waals surface area contributed by atoms with Crippen LogP contribution in [0.2, 0.25) is 0 Å². The average Bonchev–Trinajstić information content (AvgIpc) is 3.20. The number of amides is 1. The van der Waals surface area contributed by atoms with Gasteiger partial charge in [-0.15, -0.1) is 0 Å². The van der Waals surface area contributed by atoms with E-state index in [4.69, 9.17) is 0 Å². The first-order valence-corrected chi connectivity index (χ1v) is 10.9. The highest BCUT2D eigenvalue weighted by molar-refractivity contribution is 8.00. The van der Waals surface area contributed by atoms with Gasteiger partial charge < -0.3 is 5.32 Å². The molecule has 0 radical (unpaired) electrons. The average molecular weight is 429 g/mol. The Labute approximate surface area is 176 Å². The second-order valence-corrected chi connectivity index (χ2v) is 7.79. The lowest BCUT2D eigenvalue weighted by Crippen LogP contribution is -2.34. The number of hydrogen-bond donors (Lipinski definition) is 1. The summed E-state index contributed by atoms with van der Waals surface area (Å²) in [5, 5.41) is 2.83. The maximum Gasteiger partial charge on any atom is 0.446 e. The molecule has 3 nitrogen and oxygen atoms in total. The zero-order chi connectivity index (χ0) is 21.9. The van der Waals surface area contributed by atoms with Gasteiger partial charge in [-0.3, -0.25) is 9.79 Å². The van der Waals surface area contributed by atoms with E-state index in [0.29, 0.717) is 18.2 Å². The normalized spacial score (nSPS) is 16.4. The Balaban J connectivity index is 0.00000204. The molecule has 1 atom stereocenters. The van der Waals surface area contributed by atoms with Gasteiger partial charge in [0.1, 0.15) is 5.84 Å². The summed E-state index contributed by atoms with van der Waals surface area (Å²) in [5.41, 5.74) is -3.58. The summed E-state index contributed by atoms with van der Waals surface area (Å²) < 4.78 is 37.6. The van der Waals surface area contributed by atoms with Crippen molar-refractivity contribution in [2.75, 3.05) is 7.05 Å². The number of carbonyl (C=O) groups is 1. The van der Waals surface area contributed by atoms with Crippen LogP contribution in [0.5, 0.6) is 0 Å². The van der Waals surface area contributed by atoms with Crippen molar-refractivity contribution in [2.45, 2.75) is 69.2 Å². The third-order valence-electron chi connectivity index (χ3n) is 4.69. The van der Waals surface area contributed by atoms with E-state index in [0.717, 1.165) is 18.4 Å². The van der Waals surface area contributed by atoms with Gasteiger partial charge in [-0.1, -0.05) is 57.7 Å². The summed E-state index contributed by atoms with van der Waals surface area (Å²) in [6.45, 7) is 5.84. The molecule has 1 unspecified atom stereocenters. The molecule has 0 aliphatic heterocycles. The van der Waals surface area contributed by atoms with E-state index in [2.05, 4.69) is 10.3 Å². The number of allylic oxidation sites excluding steroid dienone is 1. The molecule has 1 aliphatic rings. The number of thioether (sulfide) groups is 1. The number of alkyl halides is 3. The fourth-order valence-corrected chi connectivity index (χ4v) is 3.96. The number of benzene rings is 1. The van der Waals surface area contributed by atoms with Gasteiger partial charge in [0, 0.05) is 11.9 Å². The van der Waals surface area contributed by atoms with Crippen molar-refractivity contribution in [2.24, 2.45) is 10.9 Å². The molecule has 2 rings (SSSR count). The third kappa shape index (κ3) is 9.07. The van der Waals surface area contributed by atoms with Gasteiger partial charge in [-0.05, 0) is 54.8 Å². The molecule has 0 saturated heterocycles. The van der Waals surface area contributed by atoms with Crippen LogP contribution in [-0.4, -0.2) is 24.3 Å². The van der Waals surface area contributed by atoms with E-state index in [9.17, 15) is 18.0 Å². The second kappa shape index (κ2) is 12.7. The number of nitrogens with zero attached hydrogens (tertiary/aromatic N) is 1. The Morgan fingerprint density at radius 3 is 2.31 bits per heavy atom. The molecule has 1 N–H and O–H groups in total. The lowest BCUT2D eigenvalue weighted by Gasteiger charge is -2.21. The predicted molar refractivity (Wildman–Crippen MR) is 115 cm³/mol. The fraction of sp³-hybridized carbons (Fsp3) is 0.545. The monoisotopic (exact) mass is 428 g/mol. The molecule has 0 bridgehead atoms. The van der Waals surface area contributed by atoms with Crippen LogP contribution in [-0.2, 0) is 4.79 Å². The van der Waals surface area contributed by atoms with Crippen LogP contribution in [0.3, 0.4) is 0 Å². The maximum absolute atomic E-state index is 12.9. The molecule has 0 heterocycles. The minimum atomic E-state index is -4.32. The van der Waals surface area contributed by atoms with Crippen molar-refractivity contribution >= 4 is 23.5 Å². The Morgan fingerprint density at radius 1 is 1.24 bits per heavy atom. The van der Waals surface area contributed by atoms with Crippen molar-refractivity contribution in [3.05, 3.63) is 42.0 Å². The van der Waals surface area contributed by atoms with Crippen molar-refractivity contribution < 1.29 is 18.0 Å². The van der Waals surface area contributed by atoms with Crippen molar-refractivity contribution in [3.8, 4) is 0 Å². The smallest absolute Gasteiger partial charge is 0.310 e. The second-order valence-electron chi connectivity index (χ2n) is 6.65. The number of rotatable bonds is 6. The Kier molecular flexibility index (Phi) is 11.1. The quantitative estimate of drug-likeness (QED) is 0.311. The fourth-order valence-electron chi connectivity index (χ4n) is 3.42. The number of carbonyl (C=O) groups excluding carboxylic acids is 1. The molecule has 162 valence electrons. The van der Waals surface area contributed by atoms with E-state index >= 15 is 0 Å². The minimum absolute atomic E-state index is 0.121. The number of hydrogen-bond acceptors (Lipinski definition) is 3. The van der Waals surface area contributed by atoms with Gasteiger partial charge >= 0.3 is 5.51 Å². The van der Waals surface area contributed by atoms with Gasteiger partial charge in [-0.2, -0.15) is 13.2 Å². The molecular formula is C22H31F3N2OS. The van der Waals surface area contributed by atoms with Gasteiger partial charge in [0.25, 0.3) is 0 Å². The van der Waals surface area contributed by atoms with E-state index in [1.165, 1.54) is 25.0 Å². The standard InChI is InChI=1S/C20H25F3N2OS.C2H6/c1-3-6-18(24-2)25-19(26)17(13-14-7-4-5-8-14)15-9-11-16(12-10-15)27-20(21,22)23;1-2/h3,6,9-12,14,17H,4-5,7-8,13H2,1-2H3,(H,24,25,26);1-2H3/b6-3-;. The largest absolute Gasteiger partial charge is 0.446 e. The SMILES string of the molecule is C/C=C\C(=NC)NC(=O)C(CC1CCCC1)c1ccc(SC(F)(F)F)cc1.CC. The van der Waals surface area contributed by atoms with Gasteiger partial charge in [-0.25, -0.2) is 0 Å². The number of nitrogens with one attached hydrogen (secondary N) is 1. The van der Waals surface area contributed by atoms with Gasteiger partial charge in [0.2, 0.25) is 5.91 Å². The van der Waals surface area contributed by atoms with E-state index in [1.807, 2.05) is 20.8 Å². The Bertz CT molecular complexity index is 678. The Hall–Kier alpha value is -1.76. The minimum Gasteiger partial charge on any atom is -0.310 e. The zero-order valence-electron chi connectivity index (χ0n) is 17.6. The van der Waals surface area contributed by atoms with Crippen LogP contribution in [0.25, 0.3) is 0 Å². The zero-order valence-corrected chi connectivity index (χ0v) is 18.4. The molecule has 1 saturated carbocycles. The lowest BCUT2D eigenvalue weighted by molar-refractivity contribution is -0.121. The summed E-state index contributed by atoms with van der Waals surface area (Å²) in [5.74, 6) is 0.369. The first-order valence-electron chi connectivity index (χ1n) is 10.1. The molecule has 1 fully saturated rings. The highest BCUT2D eigenvalue weighted by Gasteiger charge is 2.30. The van der Waals surface area contributed by atoms with Crippen LogP contribution in [0.1, 0.15) is 64.4 Å². The van der Waals surface area contributed by atoms with Crippen LogP contribution in [0, 0.1) is 5.92 Å². The molecule has 1 aromatic rings. The third-order valence-corrected chi connectivity index (χ3v) is 5.43. The highest BCUT2D eigenvalue weighted by Crippen LogP contribution is 2.38. The van der Waals surface area contributed by atoms with Gasteiger partial charge in [0.05, 0.1) is 5.92 Å². The number of halogens is 3. The molecule has 0 aromatic heterocycles. The van der Waals surface area contributed by atoms with E-state index in [1.54, 1.807) is 31.3 Å². The summed E-state index contributed by atoms with van der Waals surface area (Å²) >= 11 is -0.145. The maximum atomic E-state index is 12.9. The molecule has 7 heteroatoms. The summed E-state index contributed by atoms with van der Waals surface area (Å²) in [6, 6.07) is 6.13. The lowest BCUT2D eigenvalue weighted by atomic mass is 9.87. The topological polar surface area (TPSA) is 41.5 Å². The van der Waals surface area contributed by atoms with E-state index < -0.39 is 11.4 Å². The van der Waals surface area contributed by atoms with Crippen molar-refractivity contribution in [1.29, 1.82) is 0 Å². The van der Waals surface area contributed by atoms with Crippen LogP contribution in [0.4, 0.5) is 13.2 Å². The molecule has 1 aromatic carbocycles. The number of aliphatic imine (C=N–C) groups is 1. The number of amidine groups is 1. The molecule has 1 amide bonds. The van der Waals surface area contributed by atoms with Gasteiger partial charge in [0.15, 0.2) is 0 Å². The molecule has 1 aliphatic carbocycles. The van der Waals surface area contributed by atoms with Crippen LogP contribution in [0.15, 0.2) is 46.3 Å². The first-order chi connectivity index (χ1) is 13.8. The summed E-state index contributed by atoms with van der Waals surface area (Å²) in [7, 11) is 1.60. The van der Waals surface area contributed by atoms with Crippen molar-refractivity contribution in [3.63, 3.8) is 0 Å². The summed E-state index contributed by atoms with van der Waals surface area (Å²) in [4.78, 5) is 17.0. The van der Waals surface area contributed by atoms with Crippen LogP contribution >= 0.6 is 11.8 Å². The highest BCUT2D eigenvalue weighted by atomic mass is 32.2. The van der Waals surface area contributed by atoms with Crippen LogP contribution < -0.4 is 5.32 Å².